The smallest absolute Gasteiger partial charge is 0.229 e. The Balaban J connectivity index is 1.56. The summed E-state index contributed by atoms with van der Waals surface area (Å²) in [6.07, 6.45) is 4.94. The summed E-state index contributed by atoms with van der Waals surface area (Å²) in [6, 6.07) is 0.603. The molecule has 1 saturated heterocycles. The van der Waals surface area contributed by atoms with Crippen molar-refractivity contribution < 1.29 is 4.52 Å². The Hall–Kier alpha value is -0.940. The minimum absolute atomic E-state index is 0.554. The highest BCUT2D eigenvalue weighted by atomic mass is 16.5. The van der Waals surface area contributed by atoms with Crippen molar-refractivity contribution >= 4 is 0 Å². The lowest BCUT2D eigenvalue weighted by atomic mass is 10.1. The van der Waals surface area contributed by atoms with Crippen molar-refractivity contribution in [3.63, 3.8) is 0 Å². The van der Waals surface area contributed by atoms with Crippen molar-refractivity contribution in [1.82, 2.24) is 20.4 Å². The first-order valence-corrected chi connectivity index (χ1v) is 6.56. The third-order valence-electron chi connectivity index (χ3n) is 3.70. The molecule has 5 heteroatoms. The summed E-state index contributed by atoms with van der Waals surface area (Å²) in [7, 11) is 2.14. The zero-order valence-corrected chi connectivity index (χ0v) is 10.4. The van der Waals surface area contributed by atoms with Gasteiger partial charge in [0.1, 0.15) is 0 Å². The van der Waals surface area contributed by atoms with Gasteiger partial charge in [-0.3, -0.25) is 4.90 Å². The Morgan fingerprint density at radius 2 is 2.29 bits per heavy atom. The van der Waals surface area contributed by atoms with Crippen molar-refractivity contribution in [3.05, 3.63) is 11.7 Å². The molecule has 0 bridgehead atoms. The van der Waals surface area contributed by atoms with E-state index < -0.39 is 0 Å². The Morgan fingerprint density at radius 3 is 3.00 bits per heavy atom. The number of hydrogen-bond acceptors (Lipinski definition) is 5. The van der Waals surface area contributed by atoms with Crippen LogP contribution in [0.1, 0.15) is 43.3 Å². The summed E-state index contributed by atoms with van der Waals surface area (Å²) in [5.74, 6) is 2.23. The molecule has 0 aromatic carbocycles. The first kappa shape index (κ1) is 11.2. The Morgan fingerprint density at radius 1 is 1.41 bits per heavy atom. The van der Waals surface area contributed by atoms with Crippen LogP contribution < -0.4 is 5.32 Å². The minimum Gasteiger partial charge on any atom is -0.339 e. The van der Waals surface area contributed by atoms with Crippen LogP contribution in [0.15, 0.2) is 4.52 Å². The van der Waals surface area contributed by atoms with E-state index in [2.05, 4.69) is 27.4 Å². The predicted octanol–water partition coefficient (Wildman–Crippen LogP) is 1.13. The molecule has 2 aliphatic rings. The summed E-state index contributed by atoms with van der Waals surface area (Å²) in [4.78, 5) is 6.79. The predicted molar refractivity (Wildman–Crippen MR) is 63.6 cm³/mol. The minimum atomic E-state index is 0.554. The maximum atomic E-state index is 5.27. The zero-order chi connectivity index (χ0) is 11.7. The summed E-state index contributed by atoms with van der Waals surface area (Å²) >= 11 is 0. The van der Waals surface area contributed by atoms with Crippen LogP contribution in [0.5, 0.6) is 0 Å². The average molecular weight is 236 g/mol. The van der Waals surface area contributed by atoms with E-state index in [1.807, 2.05) is 0 Å². The number of likely N-dealkylation sites (N-methyl/N-ethyl adjacent to an activating group) is 1. The molecule has 3 rings (SSSR count). The van der Waals surface area contributed by atoms with Crippen LogP contribution in [0, 0.1) is 0 Å². The van der Waals surface area contributed by atoms with E-state index in [0.29, 0.717) is 12.0 Å². The first-order valence-electron chi connectivity index (χ1n) is 6.56. The van der Waals surface area contributed by atoms with Gasteiger partial charge in [0, 0.05) is 18.5 Å². The lowest BCUT2D eigenvalue weighted by molar-refractivity contribution is 0.189. The van der Waals surface area contributed by atoms with Gasteiger partial charge in [0.2, 0.25) is 5.89 Å². The number of hydrogen-bond donors (Lipinski definition) is 1. The molecule has 0 spiro atoms. The molecule has 1 aromatic heterocycles. The number of nitrogens with one attached hydrogen (secondary N) is 1. The van der Waals surface area contributed by atoms with Crippen LogP contribution in [0.3, 0.4) is 0 Å². The molecule has 5 nitrogen and oxygen atoms in total. The molecule has 0 amide bonds. The molecule has 17 heavy (non-hydrogen) atoms. The van der Waals surface area contributed by atoms with Crippen molar-refractivity contribution in [2.24, 2.45) is 0 Å². The Labute approximate surface area is 102 Å². The lowest BCUT2D eigenvalue weighted by Crippen LogP contribution is -2.43. The van der Waals surface area contributed by atoms with Crippen LogP contribution in [-0.2, 0) is 6.54 Å². The van der Waals surface area contributed by atoms with Gasteiger partial charge in [-0.1, -0.05) is 5.16 Å². The number of rotatable bonds is 4. The van der Waals surface area contributed by atoms with Crippen LogP contribution in [0.4, 0.5) is 0 Å². The standard InChI is InChI=1S/C12H20N4O/c1-16(10-3-2-6-13-7-10)8-11-14-12(17-15-11)9-4-5-9/h9-10,13H,2-8H2,1H3. The van der Waals surface area contributed by atoms with Gasteiger partial charge >= 0.3 is 0 Å². The highest BCUT2D eigenvalue weighted by Gasteiger charge is 2.30. The fourth-order valence-electron chi connectivity index (χ4n) is 2.39. The van der Waals surface area contributed by atoms with Gasteiger partial charge in [0.25, 0.3) is 0 Å². The summed E-state index contributed by atoms with van der Waals surface area (Å²) in [5, 5.41) is 7.49. The second kappa shape index (κ2) is 4.74. The van der Waals surface area contributed by atoms with Gasteiger partial charge in [-0.15, -0.1) is 0 Å². The fourth-order valence-corrected chi connectivity index (χ4v) is 2.39. The van der Waals surface area contributed by atoms with Gasteiger partial charge in [-0.05, 0) is 39.3 Å². The Kier molecular flexibility index (Phi) is 3.11. The summed E-state index contributed by atoms with van der Waals surface area (Å²) in [6.45, 7) is 3.02. The summed E-state index contributed by atoms with van der Waals surface area (Å²) < 4.78 is 5.27. The van der Waals surface area contributed by atoms with Crippen molar-refractivity contribution in [2.45, 2.75) is 44.2 Å². The number of nitrogens with zero attached hydrogens (tertiary/aromatic N) is 3. The number of aromatic nitrogens is 2. The van der Waals surface area contributed by atoms with Gasteiger partial charge in [-0.2, -0.15) is 4.98 Å². The molecule has 1 atom stereocenters. The maximum Gasteiger partial charge on any atom is 0.229 e. The maximum absolute atomic E-state index is 5.27. The van der Waals surface area contributed by atoms with Crippen LogP contribution in [0.25, 0.3) is 0 Å². The third-order valence-corrected chi connectivity index (χ3v) is 3.70. The van der Waals surface area contributed by atoms with Crippen LogP contribution >= 0.6 is 0 Å². The normalized spacial score (nSPS) is 25.4. The molecule has 2 fully saturated rings. The van der Waals surface area contributed by atoms with Crippen LogP contribution in [-0.4, -0.2) is 41.2 Å². The lowest BCUT2D eigenvalue weighted by Gasteiger charge is -2.30. The second-order valence-electron chi connectivity index (χ2n) is 5.24. The highest BCUT2D eigenvalue weighted by Crippen LogP contribution is 2.38. The van der Waals surface area contributed by atoms with Gasteiger partial charge < -0.3 is 9.84 Å². The highest BCUT2D eigenvalue weighted by molar-refractivity contribution is 5.01. The topological polar surface area (TPSA) is 54.2 Å². The second-order valence-corrected chi connectivity index (χ2v) is 5.24. The SMILES string of the molecule is CN(Cc1noc(C2CC2)n1)C1CCCNC1. The molecule has 2 heterocycles. The molecule has 1 aliphatic heterocycles. The van der Waals surface area contributed by atoms with Crippen LogP contribution in [0.2, 0.25) is 0 Å². The monoisotopic (exact) mass is 236 g/mol. The summed E-state index contributed by atoms with van der Waals surface area (Å²) in [5.41, 5.74) is 0. The molecular formula is C12H20N4O. The molecule has 1 saturated carbocycles. The molecule has 1 unspecified atom stereocenters. The molecule has 1 aromatic rings. The van der Waals surface area contributed by atoms with E-state index in [-0.39, 0.29) is 0 Å². The molecule has 0 radical (unpaired) electrons. The van der Waals surface area contributed by atoms with Gasteiger partial charge in [0.05, 0.1) is 6.54 Å². The van der Waals surface area contributed by atoms with E-state index in [9.17, 15) is 0 Å². The number of piperidine rings is 1. The van der Waals surface area contributed by atoms with Crippen molar-refractivity contribution in [1.29, 1.82) is 0 Å². The Bertz CT molecular complexity index is 368. The molecule has 1 N–H and O–H groups in total. The van der Waals surface area contributed by atoms with E-state index in [0.717, 1.165) is 31.3 Å². The zero-order valence-electron chi connectivity index (χ0n) is 10.4. The molecule has 94 valence electrons. The van der Waals surface area contributed by atoms with E-state index in [4.69, 9.17) is 4.52 Å². The quantitative estimate of drug-likeness (QED) is 0.849. The fraction of sp³-hybridized carbons (Fsp3) is 0.833. The van der Waals surface area contributed by atoms with Crippen molar-refractivity contribution in [3.8, 4) is 0 Å². The van der Waals surface area contributed by atoms with E-state index in [1.54, 1.807) is 0 Å². The van der Waals surface area contributed by atoms with Gasteiger partial charge in [-0.25, -0.2) is 0 Å². The molecule has 1 aliphatic carbocycles. The van der Waals surface area contributed by atoms with Crippen molar-refractivity contribution in [2.75, 3.05) is 20.1 Å². The van der Waals surface area contributed by atoms with E-state index >= 15 is 0 Å². The largest absolute Gasteiger partial charge is 0.339 e. The molecular weight excluding hydrogens is 216 g/mol. The van der Waals surface area contributed by atoms with Gasteiger partial charge in [0.15, 0.2) is 5.82 Å². The third kappa shape index (κ3) is 2.66. The first-order chi connectivity index (χ1) is 8.33. The van der Waals surface area contributed by atoms with E-state index in [1.165, 1.54) is 25.7 Å². The average Bonchev–Trinajstić information content (AvgIpc) is 3.12.